The molecule has 15 heavy (non-hydrogen) atoms. The summed E-state index contributed by atoms with van der Waals surface area (Å²) in [6.45, 7) is 0.543. The van der Waals surface area contributed by atoms with Gasteiger partial charge in [-0.15, -0.1) is 0 Å². The molecule has 0 spiro atoms. The fourth-order valence-electron chi connectivity index (χ4n) is 1.51. The van der Waals surface area contributed by atoms with Crippen LogP contribution < -0.4 is 15.4 Å². The van der Waals surface area contributed by atoms with E-state index in [2.05, 4.69) is 0 Å². The quantitative estimate of drug-likeness (QED) is 0.767. The number of anilines is 1. The summed E-state index contributed by atoms with van der Waals surface area (Å²) in [7, 11) is 1.55. The molecular formula is C10H11ClN2O2. The summed E-state index contributed by atoms with van der Waals surface area (Å²) in [4.78, 5) is 12.9. The van der Waals surface area contributed by atoms with Crippen molar-refractivity contribution in [3.8, 4) is 5.75 Å². The van der Waals surface area contributed by atoms with Crippen molar-refractivity contribution in [3.63, 3.8) is 0 Å². The molecule has 1 atom stereocenters. The molecule has 0 aliphatic carbocycles. The van der Waals surface area contributed by atoms with Crippen LogP contribution in [0.25, 0.3) is 0 Å². The van der Waals surface area contributed by atoms with Crippen LogP contribution in [-0.4, -0.2) is 25.6 Å². The second kappa shape index (κ2) is 3.72. The van der Waals surface area contributed by atoms with Crippen LogP contribution in [0.3, 0.4) is 0 Å². The smallest absolute Gasteiger partial charge is 0.245 e. The topological polar surface area (TPSA) is 55.6 Å². The van der Waals surface area contributed by atoms with Gasteiger partial charge in [0.15, 0.2) is 0 Å². The van der Waals surface area contributed by atoms with Crippen molar-refractivity contribution >= 4 is 23.2 Å². The van der Waals surface area contributed by atoms with Gasteiger partial charge in [0.25, 0.3) is 0 Å². The zero-order valence-electron chi connectivity index (χ0n) is 8.24. The summed E-state index contributed by atoms with van der Waals surface area (Å²) in [5, 5.41) is 0.489. The highest BCUT2D eigenvalue weighted by Gasteiger charge is 2.34. The number of halogens is 1. The van der Waals surface area contributed by atoms with E-state index in [4.69, 9.17) is 22.1 Å². The van der Waals surface area contributed by atoms with Crippen LogP contribution in [0.1, 0.15) is 0 Å². The summed E-state index contributed by atoms with van der Waals surface area (Å²) in [5.74, 6) is 0.522. The molecule has 2 rings (SSSR count). The molecule has 1 aromatic carbocycles. The Morgan fingerprint density at radius 3 is 2.80 bits per heavy atom. The lowest BCUT2D eigenvalue weighted by Crippen LogP contribution is -2.61. The summed E-state index contributed by atoms with van der Waals surface area (Å²) in [6.07, 6.45) is 0. The summed E-state index contributed by atoms with van der Waals surface area (Å²) in [5.41, 5.74) is 6.25. The van der Waals surface area contributed by atoms with E-state index in [9.17, 15) is 4.79 Å². The normalized spacial score (nSPS) is 20.1. The summed E-state index contributed by atoms with van der Waals surface area (Å²) in [6, 6.07) is 4.85. The van der Waals surface area contributed by atoms with E-state index in [1.165, 1.54) is 0 Å². The Bertz CT molecular complexity index is 408. The molecule has 1 unspecified atom stereocenters. The molecule has 1 aliphatic rings. The second-order valence-electron chi connectivity index (χ2n) is 3.37. The van der Waals surface area contributed by atoms with Gasteiger partial charge in [-0.3, -0.25) is 4.79 Å². The zero-order valence-corrected chi connectivity index (χ0v) is 8.99. The number of hydrogen-bond donors (Lipinski definition) is 1. The first-order chi connectivity index (χ1) is 7.13. The van der Waals surface area contributed by atoms with Gasteiger partial charge < -0.3 is 15.4 Å². The Morgan fingerprint density at radius 1 is 1.60 bits per heavy atom. The molecule has 1 fully saturated rings. The van der Waals surface area contributed by atoms with E-state index in [1.807, 2.05) is 0 Å². The van der Waals surface area contributed by atoms with E-state index in [0.717, 1.165) is 5.69 Å². The molecule has 1 amide bonds. The second-order valence-corrected chi connectivity index (χ2v) is 3.78. The third kappa shape index (κ3) is 1.66. The molecule has 0 bridgehead atoms. The van der Waals surface area contributed by atoms with Gasteiger partial charge in [-0.25, -0.2) is 0 Å². The molecule has 4 nitrogen and oxygen atoms in total. The molecule has 1 saturated heterocycles. The van der Waals surface area contributed by atoms with Crippen LogP contribution in [0.4, 0.5) is 5.69 Å². The Labute approximate surface area is 92.6 Å². The Morgan fingerprint density at radius 2 is 2.33 bits per heavy atom. The Kier molecular flexibility index (Phi) is 2.54. The number of carbonyl (C=O) groups is 1. The number of nitrogens with zero attached hydrogens (tertiary/aromatic N) is 1. The third-order valence-corrected chi connectivity index (χ3v) is 2.70. The maximum atomic E-state index is 11.4. The number of amides is 1. The summed E-state index contributed by atoms with van der Waals surface area (Å²) < 4.78 is 5.02. The van der Waals surface area contributed by atoms with Crippen molar-refractivity contribution in [1.29, 1.82) is 0 Å². The van der Waals surface area contributed by atoms with Crippen LogP contribution in [-0.2, 0) is 4.79 Å². The van der Waals surface area contributed by atoms with Crippen LogP contribution in [0, 0.1) is 0 Å². The van der Waals surface area contributed by atoms with E-state index in [1.54, 1.807) is 30.2 Å². The highest BCUT2D eigenvalue weighted by atomic mass is 35.5. The van der Waals surface area contributed by atoms with Crippen molar-refractivity contribution in [3.05, 3.63) is 23.2 Å². The van der Waals surface area contributed by atoms with Crippen LogP contribution in [0.5, 0.6) is 5.75 Å². The maximum Gasteiger partial charge on any atom is 0.245 e. The Hall–Kier alpha value is -1.26. The van der Waals surface area contributed by atoms with Crippen molar-refractivity contribution in [2.75, 3.05) is 18.6 Å². The minimum atomic E-state index is -0.370. The van der Waals surface area contributed by atoms with Gasteiger partial charge in [0.05, 0.1) is 18.7 Å². The number of carbonyl (C=O) groups excluding carboxylic acids is 1. The molecule has 1 aliphatic heterocycles. The molecule has 1 aromatic rings. The van der Waals surface area contributed by atoms with Crippen molar-refractivity contribution in [1.82, 2.24) is 0 Å². The SMILES string of the molecule is COc1ccc(N2CC(N)C2=O)cc1Cl. The fraction of sp³-hybridized carbons (Fsp3) is 0.300. The maximum absolute atomic E-state index is 11.4. The fourth-order valence-corrected chi connectivity index (χ4v) is 1.76. The summed E-state index contributed by atoms with van der Waals surface area (Å²) >= 11 is 5.94. The van der Waals surface area contributed by atoms with Gasteiger partial charge in [-0.1, -0.05) is 11.6 Å². The number of nitrogens with two attached hydrogens (primary N) is 1. The highest BCUT2D eigenvalue weighted by molar-refractivity contribution is 6.32. The largest absolute Gasteiger partial charge is 0.495 e. The minimum Gasteiger partial charge on any atom is -0.495 e. The number of methoxy groups -OCH3 is 1. The van der Waals surface area contributed by atoms with Gasteiger partial charge in [-0.2, -0.15) is 0 Å². The van der Waals surface area contributed by atoms with Gasteiger partial charge in [0.1, 0.15) is 11.8 Å². The molecule has 5 heteroatoms. The van der Waals surface area contributed by atoms with Crippen molar-refractivity contribution in [2.45, 2.75) is 6.04 Å². The standard InChI is InChI=1S/C10H11ClN2O2/c1-15-9-3-2-6(4-7(9)11)13-5-8(12)10(13)14/h2-4,8H,5,12H2,1H3. The van der Waals surface area contributed by atoms with Crippen LogP contribution in [0.2, 0.25) is 5.02 Å². The lowest BCUT2D eigenvalue weighted by atomic mass is 10.1. The molecule has 80 valence electrons. The van der Waals surface area contributed by atoms with Crippen molar-refractivity contribution < 1.29 is 9.53 Å². The molecule has 2 N–H and O–H groups in total. The van der Waals surface area contributed by atoms with Crippen molar-refractivity contribution in [2.24, 2.45) is 5.73 Å². The van der Waals surface area contributed by atoms with Crippen LogP contribution >= 0.6 is 11.6 Å². The monoisotopic (exact) mass is 226 g/mol. The Balaban J connectivity index is 2.24. The predicted octanol–water partition coefficient (Wildman–Crippen LogP) is 1.02. The molecule has 1 heterocycles. The molecular weight excluding hydrogens is 216 g/mol. The molecule has 0 radical (unpaired) electrons. The van der Waals surface area contributed by atoms with E-state index in [-0.39, 0.29) is 11.9 Å². The highest BCUT2D eigenvalue weighted by Crippen LogP contribution is 2.31. The average molecular weight is 227 g/mol. The number of hydrogen-bond acceptors (Lipinski definition) is 3. The lowest BCUT2D eigenvalue weighted by molar-refractivity contribution is -0.123. The number of benzene rings is 1. The average Bonchev–Trinajstić information content (AvgIpc) is 2.25. The number of β-lactam (4-membered cyclic amide) rings is 1. The molecule has 0 aromatic heterocycles. The van der Waals surface area contributed by atoms with E-state index in [0.29, 0.717) is 17.3 Å². The zero-order chi connectivity index (χ0) is 11.0. The van der Waals surface area contributed by atoms with E-state index < -0.39 is 0 Å². The first-order valence-corrected chi connectivity index (χ1v) is 4.92. The van der Waals surface area contributed by atoms with Gasteiger partial charge >= 0.3 is 0 Å². The van der Waals surface area contributed by atoms with Crippen LogP contribution in [0.15, 0.2) is 18.2 Å². The first-order valence-electron chi connectivity index (χ1n) is 4.54. The number of rotatable bonds is 2. The number of ether oxygens (including phenoxy) is 1. The minimum absolute atomic E-state index is 0.0729. The third-order valence-electron chi connectivity index (χ3n) is 2.41. The van der Waals surface area contributed by atoms with Gasteiger partial charge in [-0.05, 0) is 18.2 Å². The molecule has 0 saturated carbocycles. The van der Waals surface area contributed by atoms with Gasteiger partial charge in [0.2, 0.25) is 5.91 Å². The lowest BCUT2D eigenvalue weighted by Gasteiger charge is -2.36. The van der Waals surface area contributed by atoms with E-state index >= 15 is 0 Å². The predicted molar refractivity (Wildman–Crippen MR) is 58.3 cm³/mol. The first kappa shape index (κ1) is 10.3. The van der Waals surface area contributed by atoms with Gasteiger partial charge in [0, 0.05) is 5.69 Å².